The van der Waals surface area contributed by atoms with Gasteiger partial charge in [0.25, 0.3) is 0 Å². The molecular weight excluding hydrogens is 280 g/mol. The van der Waals surface area contributed by atoms with Crippen LogP contribution in [0, 0.1) is 0 Å². The van der Waals surface area contributed by atoms with Gasteiger partial charge in [-0.05, 0) is 0 Å². The van der Waals surface area contributed by atoms with Gasteiger partial charge in [0.05, 0.1) is 0 Å². The van der Waals surface area contributed by atoms with Crippen molar-refractivity contribution in [2.24, 2.45) is 0 Å². The van der Waals surface area contributed by atoms with Crippen LogP contribution in [-0.2, 0) is 0 Å². The molecule has 0 saturated heterocycles. The van der Waals surface area contributed by atoms with Crippen molar-refractivity contribution in [1.82, 2.24) is 0 Å². The summed E-state index contributed by atoms with van der Waals surface area (Å²) < 4.78 is 0. The first-order valence-corrected chi connectivity index (χ1v) is 13.6. The molecule has 0 bridgehead atoms. The zero-order valence-corrected chi connectivity index (χ0v) is 17.5. The molecule has 0 aromatic carbocycles. The molecule has 0 atom stereocenters. The van der Waals surface area contributed by atoms with E-state index in [1.807, 2.05) is 0 Å². The second-order valence-corrected chi connectivity index (χ2v) is 11.0. The van der Waals surface area contributed by atoms with Crippen molar-refractivity contribution < 1.29 is 0 Å². The van der Waals surface area contributed by atoms with Gasteiger partial charge in [0.1, 0.15) is 0 Å². The highest BCUT2D eigenvalue weighted by molar-refractivity contribution is 6.57. The van der Waals surface area contributed by atoms with Gasteiger partial charge in [0.2, 0.25) is 0 Å². The molecule has 0 nitrogen and oxygen atoms in total. The van der Waals surface area contributed by atoms with E-state index in [0.29, 0.717) is 0 Å². The third-order valence-corrected chi connectivity index (χ3v) is 7.89. The maximum Gasteiger partial charge on any atom is 0.0336 e. The molecule has 0 radical (unpaired) electrons. The highest BCUT2D eigenvalue weighted by atomic mass is 28.3. The van der Waals surface area contributed by atoms with Gasteiger partial charge in [0, 0.05) is 8.80 Å². The largest absolute Gasteiger partial charge is 0.0720 e. The summed E-state index contributed by atoms with van der Waals surface area (Å²) in [5.74, 6) is 0. The van der Waals surface area contributed by atoms with Gasteiger partial charge in [-0.3, -0.25) is 0 Å². The molecule has 0 aliphatic rings. The van der Waals surface area contributed by atoms with E-state index in [1.165, 1.54) is 103 Å². The predicted molar refractivity (Wildman–Crippen MR) is 108 cm³/mol. The molecule has 0 rings (SSSR count). The van der Waals surface area contributed by atoms with Crippen molar-refractivity contribution in [2.75, 3.05) is 0 Å². The maximum atomic E-state index is 2.61. The molecule has 0 N–H and O–H groups in total. The lowest BCUT2D eigenvalue weighted by Crippen LogP contribution is -2.05. The van der Waals surface area contributed by atoms with Gasteiger partial charge >= 0.3 is 0 Å². The maximum absolute atomic E-state index is 2.61. The lowest BCUT2D eigenvalue weighted by atomic mass is 10.1. The average molecular weight is 327 g/mol. The third kappa shape index (κ3) is 18.3. The van der Waals surface area contributed by atoms with Crippen LogP contribution < -0.4 is 0 Å². The minimum absolute atomic E-state index is 0.342. The Bertz CT molecular complexity index is 170. The molecule has 0 aromatic heterocycles. The number of hydrogen-bond acceptors (Lipinski definition) is 0. The fraction of sp³-hybridized carbons (Fsp3) is 1.00. The first-order chi connectivity index (χ1) is 10.8. The summed E-state index contributed by atoms with van der Waals surface area (Å²) in [6, 6.07) is 3.23. The normalized spacial score (nSPS) is 11.5. The van der Waals surface area contributed by atoms with Crippen molar-refractivity contribution in [3.63, 3.8) is 0 Å². The highest BCUT2D eigenvalue weighted by Gasteiger charge is 2.03. The SMILES string of the molecule is CCCCCCCCCC[SiH](C)CCCCCCCCCC. The molecule has 22 heavy (non-hydrogen) atoms. The Morgan fingerprint density at radius 1 is 0.409 bits per heavy atom. The van der Waals surface area contributed by atoms with Crippen LogP contribution in [0.4, 0.5) is 0 Å². The summed E-state index contributed by atoms with van der Waals surface area (Å²) >= 11 is 0. The quantitative estimate of drug-likeness (QED) is 0.176. The Labute approximate surface area is 144 Å². The first kappa shape index (κ1) is 22.2. The van der Waals surface area contributed by atoms with Crippen LogP contribution in [0.3, 0.4) is 0 Å². The summed E-state index contributed by atoms with van der Waals surface area (Å²) in [6.07, 6.45) is 23.7. The monoisotopic (exact) mass is 326 g/mol. The van der Waals surface area contributed by atoms with Crippen molar-refractivity contribution in [3.8, 4) is 0 Å². The highest BCUT2D eigenvalue weighted by Crippen LogP contribution is 2.15. The molecule has 134 valence electrons. The summed E-state index contributed by atoms with van der Waals surface area (Å²) in [5, 5.41) is 0. The standard InChI is InChI=1S/C21H46Si/c1-4-6-8-10-12-14-16-18-20-22(3)21-19-17-15-13-11-9-7-5-2/h22H,4-21H2,1-3H3. The van der Waals surface area contributed by atoms with Gasteiger partial charge in [-0.15, -0.1) is 0 Å². The summed E-state index contributed by atoms with van der Waals surface area (Å²) in [5.41, 5.74) is 0. The Morgan fingerprint density at radius 3 is 1.00 bits per heavy atom. The predicted octanol–water partition coefficient (Wildman–Crippen LogP) is 8.12. The van der Waals surface area contributed by atoms with Crippen molar-refractivity contribution >= 4 is 8.80 Å². The zero-order valence-electron chi connectivity index (χ0n) is 16.3. The molecule has 1 heteroatoms. The van der Waals surface area contributed by atoms with Crippen LogP contribution >= 0.6 is 0 Å². The summed E-state index contributed by atoms with van der Waals surface area (Å²) in [4.78, 5) is 0. The number of rotatable bonds is 18. The Morgan fingerprint density at radius 2 is 0.682 bits per heavy atom. The lowest BCUT2D eigenvalue weighted by molar-refractivity contribution is 0.581. The van der Waals surface area contributed by atoms with E-state index < -0.39 is 0 Å². The minimum atomic E-state index is -0.342. The van der Waals surface area contributed by atoms with E-state index in [4.69, 9.17) is 0 Å². The van der Waals surface area contributed by atoms with Crippen LogP contribution in [0.5, 0.6) is 0 Å². The number of unbranched alkanes of at least 4 members (excludes halogenated alkanes) is 14. The first-order valence-electron chi connectivity index (χ1n) is 10.8. The van der Waals surface area contributed by atoms with E-state index >= 15 is 0 Å². The van der Waals surface area contributed by atoms with Crippen LogP contribution in [-0.4, -0.2) is 8.80 Å². The number of hydrogen-bond donors (Lipinski definition) is 0. The van der Waals surface area contributed by atoms with Crippen molar-refractivity contribution in [2.45, 2.75) is 135 Å². The van der Waals surface area contributed by atoms with Gasteiger partial charge in [-0.1, -0.05) is 135 Å². The Hall–Kier alpha value is 0.217. The molecule has 0 spiro atoms. The van der Waals surface area contributed by atoms with Crippen LogP contribution in [0.2, 0.25) is 18.6 Å². The molecule has 0 aliphatic heterocycles. The summed E-state index contributed by atoms with van der Waals surface area (Å²) in [6.45, 7) is 7.22. The van der Waals surface area contributed by atoms with Crippen molar-refractivity contribution in [1.29, 1.82) is 0 Å². The molecular formula is C21H46Si. The topological polar surface area (TPSA) is 0 Å². The molecule has 0 amide bonds. The molecule has 0 aliphatic carbocycles. The molecule has 0 aromatic rings. The zero-order chi connectivity index (χ0) is 16.3. The van der Waals surface area contributed by atoms with Gasteiger partial charge in [-0.2, -0.15) is 0 Å². The third-order valence-electron chi connectivity index (χ3n) is 5.10. The van der Waals surface area contributed by atoms with E-state index in [1.54, 1.807) is 12.1 Å². The molecule has 0 saturated carbocycles. The van der Waals surface area contributed by atoms with E-state index in [-0.39, 0.29) is 8.80 Å². The van der Waals surface area contributed by atoms with E-state index in [0.717, 1.165) is 0 Å². The summed E-state index contributed by atoms with van der Waals surface area (Å²) in [7, 11) is -0.342. The van der Waals surface area contributed by atoms with Gasteiger partial charge in [0.15, 0.2) is 0 Å². The van der Waals surface area contributed by atoms with Crippen LogP contribution in [0.1, 0.15) is 117 Å². The molecule has 0 heterocycles. The van der Waals surface area contributed by atoms with Gasteiger partial charge in [-0.25, -0.2) is 0 Å². The fourth-order valence-corrected chi connectivity index (χ4v) is 5.66. The average Bonchev–Trinajstić information content (AvgIpc) is 2.52. The Kier molecular flexibility index (Phi) is 19.5. The van der Waals surface area contributed by atoms with Gasteiger partial charge < -0.3 is 0 Å². The van der Waals surface area contributed by atoms with Crippen LogP contribution in [0.25, 0.3) is 0 Å². The Balaban J connectivity index is 3.11. The van der Waals surface area contributed by atoms with E-state index in [9.17, 15) is 0 Å². The molecule has 0 unspecified atom stereocenters. The second kappa shape index (κ2) is 19.3. The van der Waals surface area contributed by atoms with E-state index in [2.05, 4.69) is 20.4 Å². The van der Waals surface area contributed by atoms with Crippen LogP contribution in [0.15, 0.2) is 0 Å². The van der Waals surface area contributed by atoms with Crippen molar-refractivity contribution in [3.05, 3.63) is 0 Å². The smallest absolute Gasteiger partial charge is 0.0336 e. The second-order valence-electron chi connectivity index (χ2n) is 7.63. The fourth-order valence-electron chi connectivity index (χ4n) is 3.40. The minimum Gasteiger partial charge on any atom is -0.0720 e. The lowest BCUT2D eigenvalue weighted by Gasteiger charge is -2.09. The molecule has 0 fully saturated rings.